The molecule has 7 nitrogen and oxygen atoms in total. The summed E-state index contributed by atoms with van der Waals surface area (Å²) in [5.74, 6) is 1.64. The topological polar surface area (TPSA) is 79.8 Å². The molecule has 1 aromatic heterocycles. The van der Waals surface area contributed by atoms with Crippen molar-refractivity contribution in [2.75, 3.05) is 13.2 Å². The maximum Gasteiger partial charge on any atom is 0.516 e. The van der Waals surface area contributed by atoms with E-state index in [2.05, 4.69) is 16.9 Å². The number of carbonyl (C=O) groups is 1. The Balaban J connectivity index is 1.41. The summed E-state index contributed by atoms with van der Waals surface area (Å²) in [5.41, 5.74) is 0.817. The summed E-state index contributed by atoms with van der Waals surface area (Å²) >= 11 is 0. The summed E-state index contributed by atoms with van der Waals surface area (Å²) in [6.45, 7) is 3.51. The number of hydrogen-bond acceptors (Lipinski definition) is 7. The normalized spacial score (nSPS) is 15.7. The van der Waals surface area contributed by atoms with Crippen LogP contribution >= 0.6 is 0 Å². The van der Waals surface area contributed by atoms with Crippen LogP contribution in [0.2, 0.25) is 0 Å². The molecular formula is C23H30N2O5. The third-order valence-corrected chi connectivity index (χ3v) is 4.82. The van der Waals surface area contributed by atoms with E-state index in [1.165, 1.54) is 32.1 Å². The van der Waals surface area contributed by atoms with E-state index in [9.17, 15) is 4.79 Å². The molecule has 30 heavy (non-hydrogen) atoms. The Morgan fingerprint density at radius 2 is 1.77 bits per heavy atom. The number of hydrogen-bond donors (Lipinski definition) is 0. The molecule has 1 aromatic carbocycles. The van der Waals surface area contributed by atoms with Crippen LogP contribution in [0.3, 0.4) is 0 Å². The first-order valence-electron chi connectivity index (χ1n) is 10.8. The average molecular weight is 415 g/mol. The Morgan fingerprint density at radius 3 is 2.47 bits per heavy atom. The molecule has 1 saturated heterocycles. The molecular weight excluding hydrogens is 384 g/mol. The zero-order valence-electron chi connectivity index (χ0n) is 17.5. The van der Waals surface area contributed by atoms with Gasteiger partial charge in [0.05, 0.1) is 25.6 Å². The molecule has 3 rings (SSSR count). The minimum absolute atomic E-state index is 0.389. The van der Waals surface area contributed by atoms with E-state index in [4.69, 9.17) is 18.9 Å². The molecule has 0 unspecified atom stereocenters. The van der Waals surface area contributed by atoms with Crippen LogP contribution in [-0.2, 0) is 9.47 Å². The van der Waals surface area contributed by atoms with Crippen LogP contribution in [0.25, 0.3) is 11.4 Å². The number of benzene rings is 1. The molecule has 7 heteroatoms. The van der Waals surface area contributed by atoms with Crippen LogP contribution in [0.5, 0.6) is 11.5 Å². The molecule has 1 fully saturated rings. The number of rotatable bonds is 11. The van der Waals surface area contributed by atoms with Crippen molar-refractivity contribution in [3.63, 3.8) is 0 Å². The third-order valence-electron chi connectivity index (χ3n) is 4.82. The van der Waals surface area contributed by atoms with Gasteiger partial charge in [-0.15, -0.1) is 0 Å². The highest BCUT2D eigenvalue weighted by molar-refractivity contribution is 5.65. The summed E-state index contributed by atoms with van der Waals surface area (Å²) in [6, 6.07) is 6.94. The second-order valence-electron chi connectivity index (χ2n) is 7.30. The Hall–Kier alpha value is -2.67. The summed E-state index contributed by atoms with van der Waals surface area (Å²) in [7, 11) is 0. The number of carbonyl (C=O) groups excluding carboxylic acids is 1. The summed E-state index contributed by atoms with van der Waals surface area (Å²) in [4.78, 5) is 20.5. The number of ether oxygens (including phenoxy) is 4. The molecule has 0 saturated carbocycles. The van der Waals surface area contributed by atoms with Gasteiger partial charge in [-0.1, -0.05) is 39.0 Å². The van der Waals surface area contributed by atoms with Gasteiger partial charge in [0.2, 0.25) is 6.29 Å². The van der Waals surface area contributed by atoms with Gasteiger partial charge in [-0.25, -0.2) is 14.8 Å². The molecule has 0 N–H and O–H groups in total. The minimum Gasteiger partial charge on any atom is -0.490 e. The summed E-state index contributed by atoms with van der Waals surface area (Å²) in [6.07, 6.45) is 11.0. The quantitative estimate of drug-likeness (QED) is 0.271. The lowest BCUT2D eigenvalue weighted by Gasteiger charge is -2.11. The van der Waals surface area contributed by atoms with Crippen molar-refractivity contribution in [2.24, 2.45) is 0 Å². The Morgan fingerprint density at radius 1 is 1.03 bits per heavy atom. The van der Waals surface area contributed by atoms with Crippen LogP contribution in [0.1, 0.15) is 58.3 Å². The molecule has 1 atom stereocenters. The lowest BCUT2D eigenvalue weighted by atomic mass is 10.1. The van der Waals surface area contributed by atoms with Gasteiger partial charge in [0, 0.05) is 12.0 Å². The Labute approximate surface area is 177 Å². The molecule has 1 aliphatic heterocycles. The highest BCUT2D eigenvalue weighted by Gasteiger charge is 2.21. The van der Waals surface area contributed by atoms with E-state index in [1.807, 2.05) is 0 Å². The zero-order chi connectivity index (χ0) is 21.0. The fourth-order valence-corrected chi connectivity index (χ4v) is 3.15. The molecule has 162 valence electrons. The monoisotopic (exact) mass is 414 g/mol. The highest BCUT2D eigenvalue weighted by atomic mass is 16.8. The van der Waals surface area contributed by atoms with Crippen molar-refractivity contribution >= 4 is 6.16 Å². The van der Waals surface area contributed by atoms with E-state index in [0.29, 0.717) is 37.0 Å². The van der Waals surface area contributed by atoms with Crippen molar-refractivity contribution < 1.29 is 23.7 Å². The van der Waals surface area contributed by atoms with E-state index in [-0.39, 0.29) is 0 Å². The van der Waals surface area contributed by atoms with Crippen LogP contribution in [0.4, 0.5) is 4.79 Å². The first-order valence-corrected chi connectivity index (χ1v) is 10.8. The Bertz CT molecular complexity index is 758. The molecule has 0 radical (unpaired) electrons. The van der Waals surface area contributed by atoms with E-state index in [0.717, 1.165) is 18.4 Å². The molecule has 2 heterocycles. The van der Waals surface area contributed by atoms with E-state index >= 15 is 0 Å². The first-order chi connectivity index (χ1) is 14.7. The summed E-state index contributed by atoms with van der Waals surface area (Å²) in [5, 5.41) is 0. The Kier molecular flexibility index (Phi) is 8.90. The maximum absolute atomic E-state index is 11.8. The fraction of sp³-hybridized carbons (Fsp3) is 0.522. The van der Waals surface area contributed by atoms with Gasteiger partial charge in [0.1, 0.15) is 5.75 Å². The van der Waals surface area contributed by atoms with Gasteiger partial charge in [0.25, 0.3) is 0 Å². The second kappa shape index (κ2) is 12.1. The lowest BCUT2D eigenvalue weighted by molar-refractivity contribution is -0.0809. The van der Waals surface area contributed by atoms with Gasteiger partial charge in [-0.3, -0.25) is 0 Å². The predicted molar refractivity (Wildman–Crippen MR) is 112 cm³/mol. The predicted octanol–water partition coefficient (Wildman–Crippen LogP) is 5.53. The molecule has 0 aliphatic carbocycles. The molecule has 2 aromatic rings. The standard InChI is InChI=1S/C23H30N2O5/c1-2-3-4-5-6-7-14-27-20-16-24-22(25-17-20)18-10-12-19(13-11-18)29-23(26)30-21-9-8-15-28-21/h10-13,16-17,21H,2-9,14-15H2,1H3/t21-/m1/s1. The lowest BCUT2D eigenvalue weighted by Crippen LogP contribution is -2.19. The SMILES string of the molecule is CCCCCCCCOc1cnc(-c2ccc(OC(=O)O[C@@H]3CCCO3)cc2)nc1. The van der Waals surface area contributed by atoms with Gasteiger partial charge >= 0.3 is 6.16 Å². The fourth-order valence-electron chi connectivity index (χ4n) is 3.15. The molecule has 1 aliphatic rings. The highest BCUT2D eigenvalue weighted by Crippen LogP contribution is 2.21. The van der Waals surface area contributed by atoms with Gasteiger partial charge in [-0.05, 0) is 37.1 Å². The van der Waals surface area contributed by atoms with E-state index < -0.39 is 12.4 Å². The van der Waals surface area contributed by atoms with Crippen molar-refractivity contribution in [3.8, 4) is 22.9 Å². The first kappa shape index (κ1) is 22.0. The number of unbranched alkanes of at least 4 members (excludes halogenated alkanes) is 5. The van der Waals surface area contributed by atoms with E-state index in [1.54, 1.807) is 36.7 Å². The van der Waals surface area contributed by atoms with Crippen molar-refractivity contribution in [1.29, 1.82) is 0 Å². The van der Waals surface area contributed by atoms with Crippen LogP contribution < -0.4 is 9.47 Å². The minimum atomic E-state index is -0.766. The third kappa shape index (κ3) is 7.30. The van der Waals surface area contributed by atoms with Crippen molar-refractivity contribution in [3.05, 3.63) is 36.7 Å². The average Bonchev–Trinajstić information content (AvgIpc) is 3.27. The largest absolute Gasteiger partial charge is 0.516 e. The number of nitrogens with zero attached hydrogens (tertiary/aromatic N) is 2. The molecule has 0 bridgehead atoms. The zero-order valence-corrected chi connectivity index (χ0v) is 17.5. The molecule has 0 spiro atoms. The molecule has 0 amide bonds. The van der Waals surface area contributed by atoms with Crippen molar-refractivity contribution in [1.82, 2.24) is 9.97 Å². The van der Waals surface area contributed by atoms with Crippen molar-refractivity contribution in [2.45, 2.75) is 64.6 Å². The maximum atomic E-state index is 11.8. The summed E-state index contributed by atoms with van der Waals surface area (Å²) < 4.78 is 21.2. The number of aromatic nitrogens is 2. The van der Waals surface area contributed by atoms with Gasteiger partial charge < -0.3 is 18.9 Å². The van der Waals surface area contributed by atoms with Gasteiger partial charge in [0.15, 0.2) is 11.6 Å². The van der Waals surface area contributed by atoms with Crippen LogP contribution in [-0.4, -0.2) is 35.6 Å². The van der Waals surface area contributed by atoms with Crippen LogP contribution in [0.15, 0.2) is 36.7 Å². The smallest absolute Gasteiger partial charge is 0.490 e. The van der Waals surface area contributed by atoms with Gasteiger partial charge in [-0.2, -0.15) is 0 Å². The van der Waals surface area contributed by atoms with Crippen LogP contribution in [0, 0.1) is 0 Å². The second-order valence-corrected chi connectivity index (χ2v) is 7.30.